The van der Waals surface area contributed by atoms with Gasteiger partial charge in [-0.3, -0.25) is 14.2 Å². The van der Waals surface area contributed by atoms with Gasteiger partial charge in [0.15, 0.2) is 0 Å². The molecular weight excluding hydrogens is 1000 g/mol. The van der Waals surface area contributed by atoms with Gasteiger partial charge in [-0.15, -0.1) is 0 Å². The Bertz CT molecular complexity index is 1580. The number of unbranched alkanes of at least 4 members (excludes halogenated alkanes) is 36. The molecule has 79 heavy (non-hydrogen) atoms. The molecule has 0 rings (SSSR count). The highest BCUT2D eigenvalue weighted by Crippen LogP contribution is 2.38. The largest absolute Gasteiger partial charge is 0.756 e. The number of rotatable bonds is 60. The van der Waals surface area contributed by atoms with E-state index in [1.807, 2.05) is 33.3 Å². The van der Waals surface area contributed by atoms with Crippen molar-refractivity contribution in [1.82, 2.24) is 5.32 Å². The van der Waals surface area contributed by atoms with Gasteiger partial charge in [0.2, 0.25) is 5.91 Å². The summed E-state index contributed by atoms with van der Waals surface area (Å²) in [5.74, 6) is -0.549. The smallest absolute Gasteiger partial charge is 0.306 e. The number of quaternary nitrogens is 1. The number of ether oxygens (including phenoxy) is 1. The summed E-state index contributed by atoms with van der Waals surface area (Å²) in [4.78, 5) is 40.0. The highest BCUT2D eigenvalue weighted by Gasteiger charge is 2.27. The van der Waals surface area contributed by atoms with Crippen molar-refractivity contribution < 1.29 is 37.3 Å². The van der Waals surface area contributed by atoms with E-state index in [-0.39, 0.29) is 24.9 Å². The third kappa shape index (κ3) is 59.9. The molecule has 460 valence electrons. The summed E-state index contributed by atoms with van der Waals surface area (Å²) in [5, 5.41) is 3.03. The van der Waals surface area contributed by atoms with Crippen LogP contribution in [0.3, 0.4) is 0 Å². The lowest BCUT2D eigenvalue weighted by molar-refractivity contribution is -0.870. The Labute approximate surface area is 489 Å². The molecule has 3 atom stereocenters. The molecule has 0 bridgehead atoms. The molecule has 0 aliphatic carbocycles. The number of amides is 1. The second kappa shape index (κ2) is 58.6. The number of phosphoric ester groups is 1. The average Bonchev–Trinajstić information content (AvgIpc) is 3.41. The van der Waals surface area contributed by atoms with Gasteiger partial charge in [-0.2, -0.15) is 0 Å². The Hall–Kier alpha value is -2.55. The van der Waals surface area contributed by atoms with E-state index in [1.165, 1.54) is 186 Å². The lowest BCUT2D eigenvalue weighted by atomic mass is 10.0. The van der Waals surface area contributed by atoms with Gasteiger partial charge >= 0.3 is 5.97 Å². The zero-order valence-corrected chi connectivity index (χ0v) is 53.5. The molecule has 0 heterocycles. The van der Waals surface area contributed by atoms with Crippen LogP contribution in [0.15, 0.2) is 72.9 Å². The molecule has 0 aromatic rings. The van der Waals surface area contributed by atoms with Crippen LogP contribution in [-0.4, -0.2) is 69.4 Å². The first kappa shape index (κ1) is 76.5. The third-order valence-corrected chi connectivity index (χ3v) is 15.6. The first-order valence-electron chi connectivity index (χ1n) is 33.3. The molecule has 0 radical (unpaired) electrons. The van der Waals surface area contributed by atoms with E-state index in [1.54, 1.807) is 0 Å². The zero-order chi connectivity index (χ0) is 57.9. The molecule has 3 unspecified atom stereocenters. The molecule has 0 saturated heterocycles. The molecule has 0 saturated carbocycles. The first-order chi connectivity index (χ1) is 38.4. The van der Waals surface area contributed by atoms with Gasteiger partial charge in [-0.25, -0.2) is 0 Å². The summed E-state index contributed by atoms with van der Waals surface area (Å²) < 4.78 is 30.3. The number of likely N-dealkylation sites (N-methyl/N-ethyl adjacent to an activating group) is 1. The predicted octanol–water partition coefficient (Wildman–Crippen LogP) is 20.2. The van der Waals surface area contributed by atoms with Crippen molar-refractivity contribution in [1.29, 1.82) is 0 Å². The monoisotopic (exact) mass is 1130 g/mol. The van der Waals surface area contributed by atoms with Gasteiger partial charge < -0.3 is 28.5 Å². The number of hydrogen-bond donors (Lipinski definition) is 1. The van der Waals surface area contributed by atoms with Crippen LogP contribution >= 0.6 is 7.82 Å². The van der Waals surface area contributed by atoms with Crippen LogP contribution in [0, 0.1) is 0 Å². The molecule has 9 nitrogen and oxygen atoms in total. The molecular formula is C69H127N2O7P. The maximum atomic E-state index is 13.6. The molecule has 0 aromatic heterocycles. The quantitative estimate of drug-likeness (QED) is 0.0161. The van der Waals surface area contributed by atoms with Gasteiger partial charge in [-0.1, -0.05) is 280 Å². The van der Waals surface area contributed by atoms with E-state index in [0.717, 1.165) is 83.5 Å². The Balaban J connectivity index is 4.99. The van der Waals surface area contributed by atoms with E-state index in [9.17, 15) is 19.0 Å². The predicted molar refractivity (Wildman–Crippen MR) is 339 cm³/mol. The number of carbonyl (C=O) groups is 2. The number of nitrogens with one attached hydrogen (secondary N) is 1. The average molecular weight is 1130 g/mol. The summed E-state index contributed by atoms with van der Waals surface area (Å²) in [5.41, 5.74) is 0. The minimum atomic E-state index is -4.70. The van der Waals surface area contributed by atoms with Crippen LogP contribution in [0.4, 0.5) is 0 Å². The molecule has 1 N–H and O–H groups in total. The van der Waals surface area contributed by atoms with Crippen molar-refractivity contribution in [2.24, 2.45) is 0 Å². The van der Waals surface area contributed by atoms with Crippen molar-refractivity contribution in [3.63, 3.8) is 0 Å². The van der Waals surface area contributed by atoms with E-state index in [0.29, 0.717) is 17.4 Å². The maximum Gasteiger partial charge on any atom is 0.306 e. The Morgan fingerprint density at radius 2 is 0.861 bits per heavy atom. The fraction of sp³-hybridized carbons (Fsp3) is 0.797. The van der Waals surface area contributed by atoms with E-state index in [4.69, 9.17) is 13.8 Å². The number of phosphoric acid groups is 1. The Kier molecular flexibility index (Phi) is 56.7. The van der Waals surface area contributed by atoms with Crippen LogP contribution < -0.4 is 10.2 Å². The van der Waals surface area contributed by atoms with Crippen LogP contribution in [-0.2, 0) is 27.9 Å². The number of nitrogens with zero attached hydrogens (tertiary/aromatic N) is 1. The second-order valence-electron chi connectivity index (χ2n) is 23.7. The van der Waals surface area contributed by atoms with Crippen molar-refractivity contribution in [2.45, 2.75) is 315 Å². The van der Waals surface area contributed by atoms with Gasteiger partial charge in [0.05, 0.1) is 33.8 Å². The number of allylic oxidation sites excluding steroid dienone is 11. The SMILES string of the molecule is CC/C=C/C=C/C=C/CCCCCCCCCC(=O)OC(/C=C\CCCCCCCCCCC)C(COP(=O)([O-])OCC[N+](C)(C)C)NC(=O)CCCCCCCCCCCCCCCCCCC/C=C\C/C=C\CCCCC. The fourth-order valence-electron chi connectivity index (χ4n) is 9.55. The summed E-state index contributed by atoms with van der Waals surface area (Å²) in [6.45, 7) is 6.70. The van der Waals surface area contributed by atoms with Crippen molar-refractivity contribution >= 4 is 19.7 Å². The summed E-state index contributed by atoms with van der Waals surface area (Å²) in [6, 6.07) is -0.894. The molecule has 0 aromatic carbocycles. The topological polar surface area (TPSA) is 114 Å². The lowest BCUT2D eigenvalue weighted by Crippen LogP contribution is -2.47. The van der Waals surface area contributed by atoms with Crippen LogP contribution in [0.5, 0.6) is 0 Å². The Morgan fingerprint density at radius 3 is 1.33 bits per heavy atom. The normalized spacial score (nSPS) is 14.1. The number of hydrogen-bond acceptors (Lipinski definition) is 7. The van der Waals surface area contributed by atoms with Gasteiger partial charge in [0, 0.05) is 12.8 Å². The van der Waals surface area contributed by atoms with Crippen molar-refractivity contribution in [3.05, 3.63) is 72.9 Å². The van der Waals surface area contributed by atoms with Crippen LogP contribution in [0.1, 0.15) is 303 Å². The molecule has 1 amide bonds. The lowest BCUT2D eigenvalue weighted by Gasteiger charge is -2.30. The fourth-order valence-corrected chi connectivity index (χ4v) is 10.3. The number of carbonyl (C=O) groups excluding carboxylic acids is 2. The molecule has 0 spiro atoms. The molecule has 0 aliphatic rings. The maximum absolute atomic E-state index is 13.6. The molecule has 10 heteroatoms. The van der Waals surface area contributed by atoms with E-state index >= 15 is 0 Å². The minimum absolute atomic E-state index is 0.0255. The van der Waals surface area contributed by atoms with Gasteiger partial charge in [0.1, 0.15) is 19.3 Å². The van der Waals surface area contributed by atoms with Gasteiger partial charge in [0.25, 0.3) is 7.82 Å². The second-order valence-corrected chi connectivity index (χ2v) is 25.1. The summed E-state index contributed by atoms with van der Waals surface area (Å²) in [7, 11) is 1.18. The third-order valence-electron chi connectivity index (χ3n) is 14.7. The van der Waals surface area contributed by atoms with Crippen molar-refractivity contribution in [3.8, 4) is 0 Å². The van der Waals surface area contributed by atoms with E-state index in [2.05, 4.69) is 86.8 Å². The molecule has 0 fully saturated rings. The summed E-state index contributed by atoms with van der Waals surface area (Å²) >= 11 is 0. The number of esters is 1. The highest BCUT2D eigenvalue weighted by atomic mass is 31.2. The Morgan fingerprint density at radius 1 is 0.468 bits per heavy atom. The van der Waals surface area contributed by atoms with Crippen LogP contribution in [0.25, 0.3) is 0 Å². The summed E-state index contributed by atoms with van der Waals surface area (Å²) in [6.07, 6.45) is 76.0. The van der Waals surface area contributed by atoms with Gasteiger partial charge in [-0.05, 0) is 83.1 Å². The zero-order valence-electron chi connectivity index (χ0n) is 52.6. The minimum Gasteiger partial charge on any atom is -0.756 e. The highest BCUT2D eigenvalue weighted by molar-refractivity contribution is 7.45. The first-order valence-corrected chi connectivity index (χ1v) is 34.7. The van der Waals surface area contributed by atoms with E-state index < -0.39 is 26.6 Å². The standard InChI is InChI=1S/C69H127N2O7P/c1-7-10-13-16-19-22-25-27-29-30-31-32-33-34-35-36-37-38-39-40-42-43-46-49-52-55-58-61-68(72)70-66(65-77-79(74,75)76-64-63-71(4,5)6)67(60-57-54-51-48-45-24-21-18-15-12-9-3)78-69(73)62-59-56-53-50-47-44-41-28-26-23-20-17-14-11-8-2/h11,14,17,19-20,22-23,26-27,29,57,60,66-67H,7-10,12-13,15-16,18,21,24-25,28,30-56,58-59,61-65H2,1-6H3,(H-,70,72,74,75)/b14-11+,20-17+,22-19-,26-23+,29-27-,60-57-. The van der Waals surface area contributed by atoms with Crippen molar-refractivity contribution in [2.75, 3.05) is 40.9 Å². The molecule has 0 aliphatic heterocycles. The van der Waals surface area contributed by atoms with Crippen LogP contribution in [0.2, 0.25) is 0 Å².